The number of benzene rings is 2. The molecule has 0 spiro atoms. The van der Waals surface area contributed by atoms with E-state index in [0.717, 1.165) is 22.0 Å². The second kappa shape index (κ2) is 6.27. The van der Waals surface area contributed by atoms with Crippen molar-refractivity contribution in [2.75, 3.05) is 5.32 Å². The fraction of sp³-hybridized carbons (Fsp3) is 0.136. The van der Waals surface area contributed by atoms with Gasteiger partial charge in [0.15, 0.2) is 0 Å². The molecule has 28 heavy (non-hydrogen) atoms. The summed E-state index contributed by atoms with van der Waals surface area (Å²) < 4.78 is 2.39. The first-order chi connectivity index (χ1) is 13.5. The number of rotatable bonds is 3. The maximum Gasteiger partial charge on any atom is 0.255 e. The first-order valence-electron chi connectivity index (χ1n) is 9.05. The third-order valence-electron chi connectivity index (χ3n) is 5.51. The van der Waals surface area contributed by atoms with Crippen molar-refractivity contribution in [3.63, 3.8) is 0 Å². The molecule has 0 saturated carbocycles. The third kappa shape index (κ3) is 2.56. The SMILES string of the molecule is O=C(Nc1ccc(Br)cc1)c1ccc(-n2c(O)c3c(c2O)[C@H]2C=C[C@@H]3C2)cc1. The third-order valence-corrected chi connectivity index (χ3v) is 6.04. The van der Waals surface area contributed by atoms with Crippen LogP contribution >= 0.6 is 15.9 Å². The highest BCUT2D eigenvalue weighted by atomic mass is 79.9. The van der Waals surface area contributed by atoms with Crippen molar-refractivity contribution in [2.45, 2.75) is 18.3 Å². The Balaban J connectivity index is 1.42. The van der Waals surface area contributed by atoms with Gasteiger partial charge in [0.2, 0.25) is 11.8 Å². The summed E-state index contributed by atoms with van der Waals surface area (Å²) in [7, 11) is 0. The largest absolute Gasteiger partial charge is 0.494 e. The summed E-state index contributed by atoms with van der Waals surface area (Å²) in [6.45, 7) is 0. The lowest BCUT2D eigenvalue weighted by Gasteiger charge is -2.11. The number of anilines is 1. The predicted molar refractivity (Wildman–Crippen MR) is 110 cm³/mol. The zero-order valence-corrected chi connectivity index (χ0v) is 16.3. The number of carbonyl (C=O) groups excluding carboxylic acids is 1. The van der Waals surface area contributed by atoms with E-state index in [9.17, 15) is 15.0 Å². The number of carbonyl (C=O) groups is 1. The average Bonchev–Trinajstić information content (AvgIpc) is 3.38. The Morgan fingerprint density at radius 3 is 2.07 bits per heavy atom. The summed E-state index contributed by atoms with van der Waals surface area (Å²) in [6.07, 6.45) is 5.10. The summed E-state index contributed by atoms with van der Waals surface area (Å²) in [4.78, 5) is 12.5. The number of halogens is 1. The van der Waals surface area contributed by atoms with Crippen LogP contribution in [0.4, 0.5) is 5.69 Å². The summed E-state index contributed by atoms with van der Waals surface area (Å²) in [5, 5.41) is 24.2. The van der Waals surface area contributed by atoms with Crippen molar-refractivity contribution in [3.8, 4) is 17.4 Å². The molecule has 2 aliphatic carbocycles. The predicted octanol–water partition coefficient (Wildman–Crippen LogP) is 5.04. The number of fused-ring (bicyclic) bond motifs is 5. The lowest BCUT2D eigenvalue weighted by Crippen LogP contribution is -2.11. The van der Waals surface area contributed by atoms with Crippen molar-refractivity contribution in [1.29, 1.82) is 0 Å². The molecule has 0 saturated heterocycles. The number of hydrogen-bond donors (Lipinski definition) is 3. The standard InChI is InChI=1S/C22H17BrN2O3/c23-15-5-7-16(8-6-15)24-20(26)12-3-9-17(10-4-12)25-21(27)18-13-1-2-14(11-13)19(18)22(25)28/h1-10,13-14,27-28H,11H2,(H,24,26)/t13-,14+. The Kier molecular flexibility index (Phi) is 3.84. The first kappa shape index (κ1) is 17.1. The van der Waals surface area contributed by atoms with E-state index in [0.29, 0.717) is 16.9 Å². The van der Waals surface area contributed by atoms with Crippen LogP contribution in [0.25, 0.3) is 5.69 Å². The smallest absolute Gasteiger partial charge is 0.255 e. The number of hydrogen-bond acceptors (Lipinski definition) is 3. The monoisotopic (exact) mass is 436 g/mol. The quantitative estimate of drug-likeness (QED) is 0.503. The number of nitrogens with one attached hydrogen (secondary N) is 1. The van der Waals surface area contributed by atoms with Gasteiger partial charge in [-0.3, -0.25) is 9.36 Å². The lowest BCUT2D eigenvalue weighted by atomic mass is 10.0. The van der Waals surface area contributed by atoms with Gasteiger partial charge in [-0.1, -0.05) is 28.1 Å². The Hall–Kier alpha value is -2.99. The van der Waals surface area contributed by atoms with Crippen molar-refractivity contribution >= 4 is 27.5 Å². The fourth-order valence-electron chi connectivity index (χ4n) is 4.18. The second-order valence-corrected chi connectivity index (χ2v) is 8.07. The molecule has 2 bridgehead atoms. The van der Waals surface area contributed by atoms with E-state index in [1.54, 1.807) is 24.3 Å². The van der Waals surface area contributed by atoms with Crippen molar-refractivity contribution in [1.82, 2.24) is 4.57 Å². The van der Waals surface area contributed by atoms with Crippen LogP contribution in [0.1, 0.15) is 39.7 Å². The maximum absolute atomic E-state index is 12.5. The molecule has 0 radical (unpaired) electrons. The van der Waals surface area contributed by atoms with Crippen molar-refractivity contribution < 1.29 is 15.0 Å². The molecule has 0 aliphatic heterocycles. The van der Waals surface area contributed by atoms with E-state index in [-0.39, 0.29) is 29.5 Å². The average molecular weight is 437 g/mol. The molecule has 2 aromatic carbocycles. The summed E-state index contributed by atoms with van der Waals surface area (Å²) >= 11 is 3.37. The van der Waals surface area contributed by atoms with Gasteiger partial charge in [0, 0.05) is 38.7 Å². The minimum Gasteiger partial charge on any atom is -0.494 e. The molecular weight excluding hydrogens is 420 g/mol. The lowest BCUT2D eigenvalue weighted by molar-refractivity contribution is 0.102. The molecule has 6 heteroatoms. The fourth-order valence-corrected chi connectivity index (χ4v) is 4.45. The molecule has 5 nitrogen and oxygen atoms in total. The number of allylic oxidation sites excluding steroid dienone is 2. The van der Waals surface area contributed by atoms with Gasteiger partial charge in [0.1, 0.15) is 0 Å². The van der Waals surface area contributed by atoms with Gasteiger partial charge in [0.05, 0.1) is 5.69 Å². The number of nitrogens with zero attached hydrogens (tertiary/aromatic N) is 1. The highest BCUT2D eigenvalue weighted by molar-refractivity contribution is 9.10. The molecule has 2 aliphatic rings. The highest BCUT2D eigenvalue weighted by Crippen LogP contribution is 2.57. The van der Waals surface area contributed by atoms with Crippen LogP contribution < -0.4 is 5.32 Å². The minimum absolute atomic E-state index is 0.0800. The molecule has 2 atom stereocenters. The Bertz CT molecular complexity index is 1080. The van der Waals surface area contributed by atoms with Gasteiger partial charge in [-0.05, 0) is 55.0 Å². The van der Waals surface area contributed by atoms with Crippen LogP contribution in [-0.2, 0) is 0 Å². The maximum atomic E-state index is 12.5. The van der Waals surface area contributed by atoms with Gasteiger partial charge < -0.3 is 15.5 Å². The summed E-state index contributed by atoms with van der Waals surface area (Å²) in [6, 6.07) is 14.2. The molecule has 3 aromatic rings. The zero-order valence-electron chi connectivity index (χ0n) is 14.8. The Morgan fingerprint density at radius 1 is 0.929 bits per heavy atom. The van der Waals surface area contributed by atoms with Crippen LogP contribution in [0.2, 0.25) is 0 Å². The van der Waals surface area contributed by atoms with E-state index in [4.69, 9.17) is 0 Å². The van der Waals surface area contributed by atoms with Gasteiger partial charge in [-0.2, -0.15) is 0 Å². The highest BCUT2D eigenvalue weighted by Gasteiger charge is 2.41. The molecule has 140 valence electrons. The Labute approximate surface area is 170 Å². The van der Waals surface area contributed by atoms with Crippen LogP contribution in [0.5, 0.6) is 11.8 Å². The van der Waals surface area contributed by atoms with E-state index in [1.165, 1.54) is 4.57 Å². The van der Waals surface area contributed by atoms with Crippen LogP contribution in [0.3, 0.4) is 0 Å². The van der Waals surface area contributed by atoms with Crippen molar-refractivity contribution in [2.24, 2.45) is 0 Å². The van der Waals surface area contributed by atoms with Crippen LogP contribution in [0.15, 0.2) is 65.2 Å². The molecule has 5 rings (SSSR count). The summed E-state index contributed by atoms with van der Waals surface area (Å²) in [5.74, 6) is 0.276. The van der Waals surface area contributed by atoms with Gasteiger partial charge in [-0.25, -0.2) is 0 Å². The van der Waals surface area contributed by atoms with Gasteiger partial charge >= 0.3 is 0 Å². The molecule has 1 aromatic heterocycles. The number of aromatic hydroxyl groups is 2. The van der Waals surface area contributed by atoms with Crippen LogP contribution in [-0.4, -0.2) is 20.7 Å². The van der Waals surface area contributed by atoms with E-state index in [1.807, 2.05) is 24.3 Å². The van der Waals surface area contributed by atoms with E-state index >= 15 is 0 Å². The normalized spacial score (nSPS) is 19.0. The molecule has 3 N–H and O–H groups in total. The van der Waals surface area contributed by atoms with Crippen molar-refractivity contribution in [3.05, 3.63) is 81.8 Å². The molecule has 0 unspecified atom stereocenters. The first-order valence-corrected chi connectivity index (χ1v) is 9.84. The topological polar surface area (TPSA) is 74.5 Å². The van der Waals surface area contributed by atoms with Gasteiger partial charge in [-0.15, -0.1) is 0 Å². The van der Waals surface area contributed by atoms with E-state index in [2.05, 4.69) is 33.4 Å². The number of aromatic nitrogens is 1. The molecule has 0 fully saturated rings. The number of amides is 1. The molecular formula is C22H17BrN2O3. The van der Waals surface area contributed by atoms with E-state index < -0.39 is 0 Å². The summed E-state index contributed by atoms with van der Waals surface area (Å²) in [5.41, 5.74) is 3.46. The second-order valence-electron chi connectivity index (χ2n) is 7.15. The minimum atomic E-state index is -0.223. The molecule has 1 heterocycles. The van der Waals surface area contributed by atoms with Gasteiger partial charge in [0.25, 0.3) is 5.91 Å². The zero-order chi connectivity index (χ0) is 19.4. The Morgan fingerprint density at radius 2 is 1.50 bits per heavy atom. The molecule has 1 amide bonds. The van der Waals surface area contributed by atoms with Crippen LogP contribution in [0, 0.1) is 0 Å².